The summed E-state index contributed by atoms with van der Waals surface area (Å²) in [6.07, 6.45) is 3.15. The van der Waals surface area contributed by atoms with Crippen molar-refractivity contribution in [1.29, 1.82) is 0 Å². The van der Waals surface area contributed by atoms with Crippen LogP contribution in [0.25, 0.3) is 0 Å². The zero-order chi connectivity index (χ0) is 20.9. The highest BCUT2D eigenvalue weighted by atomic mass is 127. The number of aliphatic imine (C=N–C) groups is 1. The van der Waals surface area contributed by atoms with Gasteiger partial charge in [0.15, 0.2) is 5.96 Å². The largest absolute Gasteiger partial charge is 0.368 e. The Morgan fingerprint density at radius 3 is 2.39 bits per heavy atom. The Bertz CT molecular complexity index is 787. The smallest absolute Gasteiger partial charge is 0.251 e. The van der Waals surface area contributed by atoms with Crippen LogP contribution in [0.15, 0.2) is 29.3 Å². The lowest BCUT2D eigenvalue weighted by Gasteiger charge is -2.37. The second-order valence-electron chi connectivity index (χ2n) is 8.03. The standard InChI is InChI=1S/C22H31N5O3.HI/c1-23-22(26-13-11-25(12-14-26)21(29)19-4-3-15-30-19)24-16-17-6-8-18(9-7-17)27-10-2-5-20(27)28;/h6-9,19H,2-5,10-16H2,1H3,(H,23,24);1H. The molecule has 0 radical (unpaired) electrons. The predicted octanol–water partition coefficient (Wildman–Crippen LogP) is 1.83. The molecule has 4 rings (SSSR count). The second-order valence-corrected chi connectivity index (χ2v) is 8.03. The quantitative estimate of drug-likeness (QED) is 0.358. The molecule has 3 fully saturated rings. The molecule has 3 saturated heterocycles. The lowest BCUT2D eigenvalue weighted by molar-refractivity contribution is -0.142. The highest BCUT2D eigenvalue weighted by Gasteiger charge is 2.31. The van der Waals surface area contributed by atoms with E-state index in [2.05, 4.69) is 27.3 Å². The van der Waals surface area contributed by atoms with Crippen molar-refractivity contribution in [3.05, 3.63) is 29.8 Å². The molecule has 9 heteroatoms. The molecule has 8 nitrogen and oxygen atoms in total. The molecule has 0 aliphatic carbocycles. The Balaban J connectivity index is 0.00000272. The van der Waals surface area contributed by atoms with Crippen LogP contribution in [-0.2, 0) is 20.9 Å². The minimum Gasteiger partial charge on any atom is -0.368 e. The van der Waals surface area contributed by atoms with Crippen LogP contribution in [0.1, 0.15) is 31.2 Å². The minimum atomic E-state index is -0.243. The summed E-state index contributed by atoms with van der Waals surface area (Å²) in [7, 11) is 1.79. The number of anilines is 1. The monoisotopic (exact) mass is 541 g/mol. The van der Waals surface area contributed by atoms with Crippen molar-refractivity contribution in [1.82, 2.24) is 15.1 Å². The van der Waals surface area contributed by atoms with Gasteiger partial charge in [-0.3, -0.25) is 14.6 Å². The van der Waals surface area contributed by atoms with Crippen LogP contribution in [0.4, 0.5) is 5.69 Å². The van der Waals surface area contributed by atoms with Gasteiger partial charge in [0.05, 0.1) is 0 Å². The number of amides is 2. The van der Waals surface area contributed by atoms with Gasteiger partial charge in [0.25, 0.3) is 5.91 Å². The number of rotatable bonds is 4. The van der Waals surface area contributed by atoms with E-state index in [0.717, 1.165) is 56.1 Å². The lowest BCUT2D eigenvalue weighted by atomic mass is 10.2. The lowest BCUT2D eigenvalue weighted by Crippen LogP contribution is -2.55. The Morgan fingerprint density at radius 1 is 1.10 bits per heavy atom. The highest BCUT2D eigenvalue weighted by molar-refractivity contribution is 14.0. The number of benzene rings is 1. The average molecular weight is 541 g/mol. The fourth-order valence-corrected chi connectivity index (χ4v) is 4.34. The summed E-state index contributed by atoms with van der Waals surface area (Å²) in [6.45, 7) is 5.07. The highest BCUT2D eigenvalue weighted by Crippen LogP contribution is 2.21. The molecule has 3 aliphatic rings. The molecule has 170 valence electrons. The van der Waals surface area contributed by atoms with Crippen LogP contribution in [0.2, 0.25) is 0 Å². The number of ether oxygens (including phenoxy) is 1. The van der Waals surface area contributed by atoms with E-state index in [9.17, 15) is 9.59 Å². The molecule has 3 heterocycles. The molecular weight excluding hydrogens is 509 g/mol. The molecule has 1 atom stereocenters. The number of guanidine groups is 1. The fourth-order valence-electron chi connectivity index (χ4n) is 4.34. The maximum atomic E-state index is 12.5. The van der Waals surface area contributed by atoms with Gasteiger partial charge in [-0.05, 0) is 37.0 Å². The summed E-state index contributed by atoms with van der Waals surface area (Å²) in [6, 6.07) is 8.13. The van der Waals surface area contributed by atoms with Gasteiger partial charge >= 0.3 is 0 Å². The maximum absolute atomic E-state index is 12.5. The van der Waals surface area contributed by atoms with E-state index in [4.69, 9.17) is 4.74 Å². The first-order valence-corrected chi connectivity index (χ1v) is 10.9. The number of carbonyl (C=O) groups is 2. The molecular formula is C22H32IN5O3. The first-order valence-electron chi connectivity index (χ1n) is 10.9. The van der Waals surface area contributed by atoms with Crippen LogP contribution in [0.3, 0.4) is 0 Å². The van der Waals surface area contributed by atoms with Gasteiger partial charge in [-0.25, -0.2) is 0 Å². The molecule has 1 unspecified atom stereocenters. The second kappa shape index (κ2) is 11.1. The Morgan fingerprint density at radius 2 is 1.81 bits per heavy atom. The average Bonchev–Trinajstić information content (AvgIpc) is 3.47. The van der Waals surface area contributed by atoms with E-state index in [1.807, 2.05) is 21.9 Å². The molecule has 2 amide bonds. The summed E-state index contributed by atoms with van der Waals surface area (Å²) in [5.41, 5.74) is 2.11. The zero-order valence-corrected chi connectivity index (χ0v) is 20.4. The number of hydrogen-bond donors (Lipinski definition) is 1. The fraction of sp³-hybridized carbons (Fsp3) is 0.591. The van der Waals surface area contributed by atoms with E-state index in [1.165, 1.54) is 0 Å². The van der Waals surface area contributed by atoms with Crippen molar-refractivity contribution < 1.29 is 14.3 Å². The zero-order valence-electron chi connectivity index (χ0n) is 18.1. The van der Waals surface area contributed by atoms with Crippen molar-refractivity contribution in [2.75, 3.05) is 51.3 Å². The summed E-state index contributed by atoms with van der Waals surface area (Å²) < 4.78 is 5.54. The first kappa shape index (κ1) is 23.8. The van der Waals surface area contributed by atoms with Crippen molar-refractivity contribution in [2.24, 2.45) is 4.99 Å². The van der Waals surface area contributed by atoms with Crippen LogP contribution in [-0.4, -0.2) is 80.1 Å². The first-order chi connectivity index (χ1) is 14.7. The number of hydrogen-bond acceptors (Lipinski definition) is 4. The van der Waals surface area contributed by atoms with Crippen molar-refractivity contribution in [2.45, 2.75) is 38.3 Å². The van der Waals surface area contributed by atoms with Gasteiger partial charge in [0.1, 0.15) is 6.10 Å². The molecule has 1 aromatic carbocycles. The van der Waals surface area contributed by atoms with E-state index in [0.29, 0.717) is 32.7 Å². The summed E-state index contributed by atoms with van der Waals surface area (Å²) in [5, 5.41) is 3.42. The number of piperazine rings is 1. The molecule has 0 saturated carbocycles. The Hall–Kier alpha value is -1.88. The number of carbonyl (C=O) groups excluding carboxylic acids is 2. The summed E-state index contributed by atoms with van der Waals surface area (Å²) in [5.74, 6) is 1.18. The molecule has 31 heavy (non-hydrogen) atoms. The number of halogens is 1. The van der Waals surface area contributed by atoms with Crippen molar-refractivity contribution >= 4 is 47.4 Å². The van der Waals surface area contributed by atoms with Gasteiger partial charge in [-0.1, -0.05) is 12.1 Å². The van der Waals surface area contributed by atoms with E-state index in [1.54, 1.807) is 7.05 Å². The van der Waals surface area contributed by atoms with Gasteiger partial charge in [-0.15, -0.1) is 24.0 Å². The molecule has 1 aromatic rings. The predicted molar refractivity (Wildman–Crippen MR) is 131 cm³/mol. The molecule has 1 N–H and O–H groups in total. The third-order valence-corrected chi connectivity index (χ3v) is 6.08. The summed E-state index contributed by atoms with van der Waals surface area (Å²) in [4.78, 5) is 34.8. The van der Waals surface area contributed by atoms with Gasteiger partial charge < -0.3 is 24.8 Å². The van der Waals surface area contributed by atoms with E-state index in [-0.39, 0.29) is 41.9 Å². The van der Waals surface area contributed by atoms with Gasteiger partial charge in [0.2, 0.25) is 5.91 Å². The molecule has 0 spiro atoms. The number of nitrogens with zero attached hydrogens (tertiary/aromatic N) is 4. The minimum absolute atomic E-state index is 0. The third-order valence-electron chi connectivity index (χ3n) is 6.08. The van der Waals surface area contributed by atoms with Crippen molar-refractivity contribution in [3.63, 3.8) is 0 Å². The van der Waals surface area contributed by atoms with Crippen LogP contribution in [0, 0.1) is 0 Å². The molecule has 3 aliphatic heterocycles. The SMILES string of the molecule is CN=C(NCc1ccc(N2CCCC2=O)cc1)N1CCN(C(=O)C2CCCO2)CC1.I. The maximum Gasteiger partial charge on any atom is 0.251 e. The number of nitrogens with one attached hydrogen (secondary N) is 1. The van der Waals surface area contributed by atoms with Gasteiger partial charge in [0, 0.05) is 65.0 Å². The molecule has 0 aromatic heterocycles. The molecule has 0 bridgehead atoms. The Kier molecular flexibility index (Phi) is 8.53. The van der Waals surface area contributed by atoms with Crippen LogP contribution < -0.4 is 10.2 Å². The normalized spacial score (nSPS) is 22.0. The van der Waals surface area contributed by atoms with Gasteiger partial charge in [-0.2, -0.15) is 0 Å². The summed E-state index contributed by atoms with van der Waals surface area (Å²) >= 11 is 0. The third kappa shape index (κ3) is 5.68. The topological polar surface area (TPSA) is 77.5 Å². The van der Waals surface area contributed by atoms with E-state index >= 15 is 0 Å². The Labute approximate surface area is 201 Å². The van der Waals surface area contributed by atoms with Crippen LogP contribution >= 0.6 is 24.0 Å². The van der Waals surface area contributed by atoms with E-state index < -0.39 is 0 Å². The van der Waals surface area contributed by atoms with Crippen LogP contribution in [0.5, 0.6) is 0 Å². The van der Waals surface area contributed by atoms with Crippen molar-refractivity contribution in [3.8, 4) is 0 Å².